The van der Waals surface area contributed by atoms with E-state index in [2.05, 4.69) is 30.1 Å². The number of hydrogen-bond acceptors (Lipinski definition) is 4. The van der Waals surface area contributed by atoms with Crippen LogP contribution in [0.3, 0.4) is 0 Å². The fourth-order valence-corrected chi connectivity index (χ4v) is 4.17. The van der Waals surface area contributed by atoms with E-state index in [9.17, 15) is 4.79 Å². The summed E-state index contributed by atoms with van der Waals surface area (Å²) in [5, 5.41) is 7.37. The molecule has 1 aliphatic rings. The molecule has 1 atom stereocenters. The minimum atomic E-state index is 0.0798. The number of carbonyl (C=O) groups excluding carboxylic acids is 1. The highest BCUT2D eigenvalue weighted by Crippen LogP contribution is 2.42. The third kappa shape index (κ3) is 3.47. The van der Waals surface area contributed by atoms with Gasteiger partial charge in [0.1, 0.15) is 0 Å². The van der Waals surface area contributed by atoms with Gasteiger partial charge < -0.3 is 4.90 Å². The molecule has 0 N–H and O–H groups in total. The lowest BCUT2D eigenvalue weighted by Crippen LogP contribution is -2.30. The topological polar surface area (TPSA) is 51.0 Å². The second-order valence-corrected chi connectivity index (χ2v) is 8.09. The van der Waals surface area contributed by atoms with Crippen molar-refractivity contribution in [3.05, 3.63) is 34.0 Å². The lowest BCUT2D eigenvalue weighted by molar-refractivity contribution is -0.130. The highest BCUT2D eigenvalue weighted by Gasteiger charge is 2.42. The summed E-state index contributed by atoms with van der Waals surface area (Å²) >= 11 is 1.64. The number of hydrogen-bond donors (Lipinski definition) is 0. The van der Waals surface area contributed by atoms with Crippen molar-refractivity contribution < 1.29 is 4.79 Å². The molecular weight excluding hydrogens is 308 g/mol. The van der Waals surface area contributed by atoms with Gasteiger partial charge in [-0.2, -0.15) is 5.10 Å². The van der Waals surface area contributed by atoms with Crippen LogP contribution in [0.2, 0.25) is 0 Å². The Labute approximate surface area is 141 Å². The molecule has 0 bridgehead atoms. The van der Waals surface area contributed by atoms with Gasteiger partial charge in [-0.1, -0.05) is 13.8 Å². The van der Waals surface area contributed by atoms with E-state index >= 15 is 0 Å². The molecule has 1 fully saturated rings. The Bertz CT molecular complexity index is 703. The maximum Gasteiger partial charge on any atom is 0.223 e. The number of thiazole rings is 1. The number of rotatable bonds is 4. The number of aryl methyl sites for hydroxylation is 3. The van der Waals surface area contributed by atoms with E-state index in [0.29, 0.717) is 12.3 Å². The van der Waals surface area contributed by atoms with Crippen molar-refractivity contribution in [1.82, 2.24) is 19.7 Å². The van der Waals surface area contributed by atoms with Gasteiger partial charge >= 0.3 is 0 Å². The molecule has 1 saturated heterocycles. The minimum absolute atomic E-state index is 0.0798. The number of carbonyl (C=O) groups is 1. The van der Waals surface area contributed by atoms with Crippen LogP contribution in [0.5, 0.6) is 0 Å². The standard InChI is InChI=1S/C17H24N4OS/c1-12-10-23-15(19-12)5-6-16(22)21-9-14(17(2,3)11-21)13-7-18-20(4)8-13/h7-8,10,14H,5-6,9,11H2,1-4H3. The quantitative estimate of drug-likeness (QED) is 0.865. The summed E-state index contributed by atoms with van der Waals surface area (Å²) in [5.41, 5.74) is 2.34. The molecule has 0 aromatic carbocycles. The Morgan fingerprint density at radius 2 is 2.26 bits per heavy atom. The molecule has 0 radical (unpaired) electrons. The highest BCUT2D eigenvalue weighted by molar-refractivity contribution is 7.09. The van der Waals surface area contributed by atoms with Crippen LogP contribution in [0.1, 0.15) is 42.5 Å². The lowest BCUT2D eigenvalue weighted by atomic mass is 9.79. The molecule has 3 heterocycles. The van der Waals surface area contributed by atoms with Crippen LogP contribution < -0.4 is 0 Å². The van der Waals surface area contributed by atoms with Crippen LogP contribution in [-0.4, -0.2) is 38.7 Å². The molecule has 1 amide bonds. The predicted octanol–water partition coefficient (Wildman–Crippen LogP) is 2.77. The van der Waals surface area contributed by atoms with Gasteiger partial charge in [-0.05, 0) is 17.9 Å². The van der Waals surface area contributed by atoms with Gasteiger partial charge in [0, 0.05) is 56.2 Å². The highest BCUT2D eigenvalue weighted by atomic mass is 32.1. The first-order valence-corrected chi connectivity index (χ1v) is 8.90. The summed E-state index contributed by atoms with van der Waals surface area (Å²) in [4.78, 5) is 19.0. The second kappa shape index (κ2) is 6.07. The smallest absolute Gasteiger partial charge is 0.223 e. The van der Waals surface area contributed by atoms with E-state index in [4.69, 9.17) is 0 Å². The Balaban J connectivity index is 1.63. The first-order valence-electron chi connectivity index (χ1n) is 8.02. The molecule has 0 saturated carbocycles. The number of amides is 1. The van der Waals surface area contributed by atoms with E-state index in [1.807, 2.05) is 35.1 Å². The van der Waals surface area contributed by atoms with E-state index < -0.39 is 0 Å². The Hall–Kier alpha value is -1.69. The van der Waals surface area contributed by atoms with Gasteiger partial charge in [0.15, 0.2) is 0 Å². The molecule has 124 valence electrons. The van der Waals surface area contributed by atoms with Crippen molar-refractivity contribution in [2.75, 3.05) is 13.1 Å². The van der Waals surface area contributed by atoms with Gasteiger partial charge in [-0.25, -0.2) is 4.98 Å². The summed E-state index contributed by atoms with van der Waals surface area (Å²) in [5.74, 6) is 0.583. The normalized spacial score (nSPS) is 20.2. The Kier molecular flexibility index (Phi) is 4.27. The molecule has 1 unspecified atom stereocenters. The molecule has 5 nitrogen and oxygen atoms in total. The molecule has 0 aliphatic carbocycles. The van der Waals surface area contributed by atoms with Crippen molar-refractivity contribution in [3.63, 3.8) is 0 Å². The zero-order valence-electron chi connectivity index (χ0n) is 14.2. The van der Waals surface area contributed by atoms with Gasteiger partial charge in [0.05, 0.1) is 11.2 Å². The van der Waals surface area contributed by atoms with Gasteiger partial charge in [0.2, 0.25) is 5.91 Å². The van der Waals surface area contributed by atoms with Gasteiger partial charge in [0.25, 0.3) is 0 Å². The number of aromatic nitrogens is 3. The van der Waals surface area contributed by atoms with Gasteiger partial charge in [-0.15, -0.1) is 11.3 Å². The Morgan fingerprint density at radius 3 is 2.87 bits per heavy atom. The van der Waals surface area contributed by atoms with Crippen LogP contribution in [0.25, 0.3) is 0 Å². The van der Waals surface area contributed by atoms with E-state index in [0.717, 1.165) is 30.2 Å². The van der Waals surface area contributed by atoms with Crippen molar-refractivity contribution in [3.8, 4) is 0 Å². The third-order valence-corrected chi connectivity index (χ3v) is 5.67. The summed E-state index contributed by atoms with van der Waals surface area (Å²) in [6.45, 7) is 8.06. The molecule has 23 heavy (non-hydrogen) atoms. The van der Waals surface area contributed by atoms with Crippen LogP contribution in [-0.2, 0) is 18.3 Å². The molecule has 0 spiro atoms. The van der Waals surface area contributed by atoms with Crippen molar-refractivity contribution in [2.24, 2.45) is 12.5 Å². The Morgan fingerprint density at radius 1 is 1.48 bits per heavy atom. The van der Waals surface area contributed by atoms with Crippen molar-refractivity contribution >= 4 is 17.2 Å². The number of nitrogens with zero attached hydrogens (tertiary/aromatic N) is 4. The van der Waals surface area contributed by atoms with Crippen LogP contribution >= 0.6 is 11.3 Å². The first kappa shape index (κ1) is 16.2. The van der Waals surface area contributed by atoms with Crippen LogP contribution in [0, 0.1) is 12.3 Å². The average molecular weight is 332 g/mol. The zero-order chi connectivity index (χ0) is 16.6. The molecular formula is C17H24N4OS. The maximum absolute atomic E-state index is 12.6. The molecule has 2 aromatic rings. The SMILES string of the molecule is Cc1csc(CCC(=O)N2CC(c3cnn(C)c3)C(C)(C)C2)n1. The summed E-state index contributed by atoms with van der Waals surface area (Å²) in [6, 6.07) is 0. The zero-order valence-corrected chi connectivity index (χ0v) is 15.1. The van der Waals surface area contributed by atoms with Crippen LogP contribution in [0.4, 0.5) is 0 Å². The van der Waals surface area contributed by atoms with E-state index in [1.165, 1.54) is 5.56 Å². The summed E-state index contributed by atoms with van der Waals surface area (Å²) < 4.78 is 1.83. The number of likely N-dealkylation sites (tertiary alicyclic amines) is 1. The van der Waals surface area contributed by atoms with Crippen molar-refractivity contribution in [2.45, 2.75) is 39.5 Å². The van der Waals surface area contributed by atoms with Gasteiger partial charge in [-0.3, -0.25) is 9.48 Å². The molecule has 3 rings (SSSR count). The van der Waals surface area contributed by atoms with Crippen LogP contribution in [0.15, 0.2) is 17.8 Å². The summed E-state index contributed by atoms with van der Waals surface area (Å²) in [7, 11) is 1.93. The fourth-order valence-electron chi connectivity index (χ4n) is 3.39. The summed E-state index contributed by atoms with van der Waals surface area (Å²) in [6.07, 6.45) is 5.28. The maximum atomic E-state index is 12.6. The third-order valence-electron chi connectivity index (χ3n) is 4.64. The van der Waals surface area contributed by atoms with E-state index in [1.54, 1.807) is 11.3 Å². The fraction of sp³-hybridized carbons (Fsp3) is 0.588. The first-order chi connectivity index (χ1) is 10.8. The predicted molar refractivity (Wildman–Crippen MR) is 91.5 cm³/mol. The van der Waals surface area contributed by atoms with Crippen molar-refractivity contribution in [1.29, 1.82) is 0 Å². The largest absolute Gasteiger partial charge is 0.341 e. The second-order valence-electron chi connectivity index (χ2n) is 7.15. The average Bonchev–Trinajstić information content (AvgIpc) is 3.15. The minimum Gasteiger partial charge on any atom is -0.341 e. The monoisotopic (exact) mass is 332 g/mol. The molecule has 6 heteroatoms. The molecule has 2 aromatic heterocycles. The lowest BCUT2D eigenvalue weighted by Gasteiger charge is -2.24. The molecule has 1 aliphatic heterocycles. The van der Waals surface area contributed by atoms with E-state index in [-0.39, 0.29) is 11.3 Å².